The average Bonchev–Trinajstić information content (AvgIpc) is 2.99. The van der Waals surface area contributed by atoms with Gasteiger partial charge in [-0.25, -0.2) is 0 Å². The van der Waals surface area contributed by atoms with Crippen molar-refractivity contribution in [2.75, 3.05) is 0 Å². The minimum Gasteiger partial charge on any atom is -0.310 e. The van der Waals surface area contributed by atoms with Crippen molar-refractivity contribution in [2.45, 2.75) is 64.0 Å². The Kier molecular flexibility index (Phi) is 3.13. The summed E-state index contributed by atoms with van der Waals surface area (Å²) in [5, 5.41) is 12.6. The molecule has 3 saturated carbocycles. The molecule has 6 atom stereocenters. The smallest absolute Gasteiger partial charge is 0.0638 e. The summed E-state index contributed by atoms with van der Waals surface area (Å²) in [6.45, 7) is 2.20. The zero-order valence-electron chi connectivity index (χ0n) is 10.9. The minimum absolute atomic E-state index is 0.434. The van der Waals surface area contributed by atoms with E-state index in [1.165, 1.54) is 32.1 Å². The van der Waals surface area contributed by atoms with Crippen LogP contribution in [0.25, 0.3) is 0 Å². The second-order valence-corrected chi connectivity index (χ2v) is 6.39. The maximum atomic E-state index is 8.83. The summed E-state index contributed by atoms with van der Waals surface area (Å²) in [7, 11) is 0. The van der Waals surface area contributed by atoms with Crippen molar-refractivity contribution >= 4 is 0 Å². The van der Waals surface area contributed by atoms with Crippen LogP contribution in [-0.2, 0) is 0 Å². The van der Waals surface area contributed by atoms with Crippen LogP contribution in [0, 0.1) is 35.0 Å². The Balaban J connectivity index is 1.62. The SMILES string of the molecule is CCC(CC#N)NC1CC2CC1C1CCCC21. The van der Waals surface area contributed by atoms with E-state index in [9.17, 15) is 0 Å². The third kappa shape index (κ3) is 1.89. The zero-order valence-corrected chi connectivity index (χ0v) is 10.9. The van der Waals surface area contributed by atoms with Crippen LogP contribution < -0.4 is 5.32 Å². The summed E-state index contributed by atoms with van der Waals surface area (Å²) in [5.74, 6) is 4.07. The Morgan fingerprint density at radius 3 is 2.82 bits per heavy atom. The van der Waals surface area contributed by atoms with E-state index >= 15 is 0 Å². The van der Waals surface area contributed by atoms with Crippen molar-refractivity contribution in [2.24, 2.45) is 23.7 Å². The van der Waals surface area contributed by atoms with E-state index < -0.39 is 0 Å². The van der Waals surface area contributed by atoms with Crippen molar-refractivity contribution in [3.63, 3.8) is 0 Å². The Bertz CT molecular complexity index is 319. The summed E-state index contributed by atoms with van der Waals surface area (Å²) in [6.07, 6.45) is 9.12. The van der Waals surface area contributed by atoms with Gasteiger partial charge < -0.3 is 5.32 Å². The standard InChI is InChI=1S/C15H24N2/c1-2-11(6-7-16)17-15-9-10-8-14(15)13-5-3-4-12(10)13/h10-15,17H,2-6,8-9H2,1H3. The first-order valence-electron chi connectivity index (χ1n) is 7.46. The topological polar surface area (TPSA) is 35.8 Å². The molecule has 94 valence electrons. The molecule has 0 heterocycles. The Labute approximate surface area is 105 Å². The second-order valence-electron chi connectivity index (χ2n) is 6.39. The summed E-state index contributed by atoms with van der Waals surface area (Å²) in [6, 6.07) is 3.49. The molecule has 3 aliphatic rings. The van der Waals surface area contributed by atoms with E-state index in [0.717, 1.165) is 36.1 Å². The van der Waals surface area contributed by atoms with Crippen LogP contribution in [0.4, 0.5) is 0 Å². The largest absolute Gasteiger partial charge is 0.310 e. The van der Waals surface area contributed by atoms with Crippen LogP contribution in [0.1, 0.15) is 51.9 Å². The van der Waals surface area contributed by atoms with Crippen molar-refractivity contribution in [3.05, 3.63) is 0 Å². The summed E-state index contributed by atoms with van der Waals surface area (Å²) in [5.41, 5.74) is 0. The summed E-state index contributed by atoms with van der Waals surface area (Å²) < 4.78 is 0. The molecule has 0 aromatic carbocycles. The highest BCUT2D eigenvalue weighted by Gasteiger charge is 2.53. The van der Waals surface area contributed by atoms with E-state index in [4.69, 9.17) is 5.26 Å². The predicted molar refractivity (Wildman–Crippen MR) is 68.3 cm³/mol. The number of fused-ring (bicyclic) bond motifs is 5. The zero-order chi connectivity index (χ0) is 11.8. The van der Waals surface area contributed by atoms with Crippen LogP contribution in [0.15, 0.2) is 0 Å². The molecule has 0 radical (unpaired) electrons. The van der Waals surface area contributed by atoms with Gasteiger partial charge in [-0.3, -0.25) is 0 Å². The van der Waals surface area contributed by atoms with E-state index in [1.54, 1.807) is 0 Å². The lowest BCUT2D eigenvalue weighted by Crippen LogP contribution is -2.44. The molecule has 17 heavy (non-hydrogen) atoms. The van der Waals surface area contributed by atoms with Gasteiger partial charge in [0.05, 0.1) is 12.5 Å². The van der Waals surface area contributed by atoms with Gasteiger partial charge in [0.2, 0.25) is 0 Å². The number of nitriles is 1. The van der Waals surface area contributed by atoms with E-state index in [0.29, 0.717) is 12.5 Å². The van der Waals surface area contributed by atoms with Gasteiger partial charge in [-0.1, -0.05) is 13.3 Å². The maximum absolute atomic E-state index is 8.83. The highest BCUT2D eigenvalue weighted by atomic mass is 15.0. The number of rotatable bonds is 4. The lowest BCUT2D eigenvalue weighted by atomic mass is 9.79. The van der Waals surface area contributed by atoms with Gasteiger partial charge in [-0.2, -0.15) is 5.26 Å². The molecule has 0 aromatic rings. The molecule has 3 aliphatic carbocycles. The molecular weight excluding hydrogens is 208 g/mol. The third-order valence-electron chi connectivity index (χ3n) is 5.71. The molecule has 0 spiro atoms. The highest BCUT2D eigenvalue weighted by molar-refractivity contribution is 5.06. The van der Waals surface area contributed by atoms with Gasteiger partial charge in [-0.05, 0) is 55.8 Å². The number of nitrogens with one attached hydrogen (secondary N) is 1. The van der Waals surface area contributed by atoms with E-state index in [2.05, 4.69) is 18.3 Å². The molecule has 0 amide bonds. The molecule has 0 aliphatic heterocycles. The van der Waals surface area contributed by atoms with Gasteiger partial charge in [0.1, 0.15) is 0 Å². The molecule has 2 bridgehead atoms. The molecule has 2 heteroatoms. The molecule has 2 nitrogen and oxygen atoms in total. The lowest BCUT2D eigenvalue weighted by molar-refractivity contribution is 0.197. The van der Waals surface area contributed by atoms with Crippen molar-refractivity contribution in [3.8, 4) is 6.07 Å². The van der Waals surface area contributed by atoms with Gasteiger partial charge in [0, 0.05) is 12.1 Å². The first-order chi connectivity index (χ1) is 8.33. The average molecular weight is 232 g/mol. The van der Waals surface area contributed by atoms with Gasteiger partial charge in [-0.15, -0.1) is 0 Å². The van der Waals surface area contributed by atoms with Crippen LogP contribution >= 0.6 is 0 Å². The maximum Gasteiger partial charge on any atom is 0.0638 e. The van der Waals surface area contributed by atoms with Gasteiger partial charge >= 0.3 is 0 Å². The van der Waals surface area contributed by atoms with E-state index in [-0.39, 0.29) is 0 Å². The lowest BCUT2D eigenvalue weighted by Gasteiger charge is -2.34. The summed E-state index contributed by atoms with van der Waals surface area (Å²) >= 11 is 0. The van der Waals surface area contributed by atoms with Crippen molar-refractivity contribution in [1.82, 2.24) is 5.32 Å². The first-order valence-corrected chi connectivity index (χ1v) is 7.46. The second kappa shape index (κ2) is 4.61. The summed E-state index contributed by atoms with van der Waals surface area (Å²) in [4.78, 5) is 0. The fourth-order valence-corrected chi connectivity index (χ4v) is 4.99. The van der Waals surface area contributed by atoms with Crippen LogP contribution in [0.5, 0.6) is 0 Å². The number of hydrogen-bond acceptors (Lipinski definition) is 2. The van der Waals surface area contributed by atoms with Crippen LogP contribution in [-0.4, -0.2) is 12.1 Å². The highest BCUT2D eigenvalue weighted by Crippen LogP contribution is 2.58. The molecule has 6 unspecified atom stereocenters. The molecule has 3 fully saturated rings. The number of hydrogen-bond donors (Lipinski definition) is 1. The monoisotopic (exact) mass is 232 g/mol. The van der Waals surface area contributed by atoms with Crippen LogP contribution in [0.3, 0.4) is 0 Å². The Hall–Kier alpha value is -0.550. The van der Waals surface area contributed by atoms with Gasteiger partial charge in [0.25, 0.3) is 0 Å². The molecule has 3 rings (SSSR count). The Morgan fingerprint density at radius 2 is 2.06 bits per heavy atom. The quantitative estimate of drug-likeness (QED) is 0.808. The first kappa shape index (κ1) is 11.5. The molecule has 1 N–H and O–H groups in total. The fraction of sp³-hybridized carbons (Fsp3) is 0.933. The third-order valence-corrected chi connectivity index (χ3v) is 5.71. The minimum atomic E-state index is 0.434. The molecule has 0 saturated heterocycles. The normalized spacial score (nSPS) is 44.6. The van der Waals surface area contributed by atoms with E-state index in [1.807, 2.05) is 0 Å². The molecular formula is C15H24N2. The molecule has 0 aromatic heterocycles. The van der Waals surface area contributed by atoms with Crippen LogP contribution in [0.2, 0.25) is 0 Å². The Morgan fingerprint density at radius 1 is 1.24 bits per heavy atom. The predicted octanol–water partition coefficient (Wildman–Crippen LogP) is 3.09. The van der Waals surface area contributed by atoms with Crippen molar-refractivity contribution in [1.29, 1.82) is 5.26 Å². The number of nitrogens with zero attached hydrogens (tertiary/aromatic N) is 1. The van der Waals surface area contributed by atoms with Crippen molar-refractivity contribution < 1.29 is 0 Å². The fourth-order valence-electron chi connectivity index (χ4n) is 4.99. The van der Waals surface area contributed by atoms with Gasteiger partial charge in [0.15, 0.2) is 0 Å².